The van der Waals surface area contributed by atoms with Crippen molar-refractivity contribution in [3.05, 3.63) is 65.2 Å². The number of rotatable bonds is 20. The number of hydrogen-bond donors (Lipinski definition) is 11. The fourth-order valence-corrected chi connectivity index (χ4v) is 9.40. The van der Waals surface area contributed by atoms with Gasteiger partial charge < -0.3 is 53.8 Å². The molecule has 23 nitrogen and oxygen atoms in total. The molecule has 0 radical (unpaired) electrons. The number of halogens is 2. The number of hydrogen-bond acceptors (Lipinski definition) is 16. The van der Waals surface area contributed by atoms with Crippen LogP contribution in [0.4, 0.5) is 8.78 Å². The third kappa shape index (κ3) is 21.0. The summed E-state index contributed by atoms with van der Waals surface area (Å²) >= 11 is 0. The maximum absolute atomic E-state index is 14.7. The third-order valence-corrected chi connectivity index (χ3v) is 13.8. The topological polar surface area (TPSA) is 374 Å². The molecule has 1 heterocycles. The van der Waals surface area contributed by atoms with Crippen LogP contribution in [0.15, 0.2) is 42.5 Å². The molecule has 9 amide bonds. The summed E-state index contributed by atoms with van der Waals surface area (Å²) in [6.45, 7) is 4.91. The Morgan fingerprint density at radius 1 is 0.797 bits per heavy atom. The zero-order valence-corrected chi connectivity index (χ0v) is 43.0. The molecule has 14 N–H and O–H groups in total. The van der Waals surface area contributed by atoms with Gasteiger partial charge in [0.05, 0.1) is 31.6 Å². The number of primary amides is 3. The molecule has 1 aliphatic rings. The monoisotopic (exact) mass is 1080 g/mol. The largest absolute Gasteiger partial charge is 0.508 e. The molecule has 7 atom stereocenters. The number of carbonyl (C=O) groups is 11. The molecule has 0 bridgehead atoms. The average Bonchev–Trinajstić information content (AvgIpc) is 3.33. The fraction of sp³-hybridized carbons (Fsp3) is 0.511. The molecule has 3 rings (SSSR count). The van der Waals surface area contributed by atoms with E-state index in [2.05, 4.69) is 37.4 Å². The van der Waals surface area contributed by atoms with Gasteiger partial charge in [-0.25, -0.2) is 19.6 Å². The maximum atomic E-state index is 14.7. The van der Waals surface area contributed by atoms with E-state index < -0.39 is 157 Å². The molecule has 1 saturated heterocycles. The third-order valence-electron chi connectivity index (χ3n) is 11.4. The van der Waals surface area contributed by atoms with Gasteiger partial charge in [0.15, 0.2) is 11.6 Å². The van der Waals surface area contributed by atoms with Crippen molar-refractivity contribution in [2.75, 3.05) is 24.6 Å². The lowest BCUT2D eigenvalue weighted by Gasteiger charge is -2.30. The normalized spacial score (nSPS) is 20.5. The molecule has 1 aliphatic heterocycles. The summed E-state index contributed by atoms with van der Waals surface area (Å²) in [6.07, 6.45) is -1.86. The molecule has 2 aromatic rings. The van der Waals surface area contributed by atoms with Crippen molar-refractivity contribution in [1.29, 1.82) is 0 Å². The summed E-state index contributed by atoms with van der Waals surface area (Å²) in [6, 6.07) is -0.558. The van der Waals surface area contributed by atoms with Gasteiger partial charge in [-0.15, -0.1) is 0 Å². The number of benzene rings is 2. The molecular formula is C47H65F2N11O12S2. The van der Waals surface area contributed by atoms with Crippen molar-refractivity contribution >= 4 is 86.3 Å². The van der Waals surface area contributed by atoms with Crippen LogP contribution in [-0.2, 0) is 65.7 Å². The van der Waals surface area contributed by atoms with E-state index in [0.29, 0.717) is 12.0 Å². The Hall–Kier alpha value is -6.71. The number of amides is 9. The molecule has 0 aliphatic carbocycles. The number of nitrogens with zero attached hydrogens (tertiary/aromatic N) is 1. The molecule has 0 saturated carbocycles. The van der Waals surface area contributed by atoms with E-state index in [1.165, 1.54) is 24.3 Å². The second-order valence-corrected chi connectivity index (χ2v) is 20.6. The van der Waals surface area contributed by atoms with Crippen LogP contribution < -0.4 is 54.6 Å². The molecule has 0 spiro atoms. The number of aromatic hydroxyl groups is 1. The van der Waals surface area contributed by atoms with Gasteiger partial charge in [0.1, 0.15) is 29.9 Å². The highest BCUT2D eigenvalue weighted by atomic mass is 33.1. The number of ketones is 2. The number of hydrazine groups is 1. The molecule has 2 aromatic carbocycles. The number of nitrogens with one attached hydrogen (secondary N) is 7. The van der Waals surface area contributed by atoms with E-state index in [4.69, 9.17) is 17.2 Å². The number of nitrogens with two attached hydrogens (primary N) is 3. The molecule has 27 heteroatoms. The van der Waals surface area contributed by atoms with E-state index in [1.54, 1.807) is 27.7 Å². The molecule has 74 heavy (non-hydrogen) atoms. The summed E-state index contributed by atoms with van der Waals surface area (Å²) in [5.74, 6) is -14.2. The fourth-order valence-electron chi connectivity index (χ4n) is 7.26. The van der Waals surface area contributed by atoms with Gasteiger partial charge in [-0.1, -0.05) is 73.9 Å². The van der Waals surface area contributed by atoms with E-state index in [9.17, 15) is 66.6 Å². The minimum Gasteiger partial charge on any atom is -0.508 e. The van der Waals surface area contributed by atoms with Gasteiger partial charge in [0.2, 0.25) is 64.7 Å². The van der Waals surface area contributed by atoms with Crippen LogP contribution in [0.3, 0.4) is 0 Å². The van der Waals surface area contributed by atoms with Crippen LogP contribution in [-0.4, -0.2) is 136 Å². The zero-order chi connectivity index (χ0) is 55.2. The van der Waals surface area contributed by atoms with Gasteiger partial charge in [-0.05, 0) is 60.1 Å². The first-order valence-electron chi connectivity index (χ1n) is 23.5. The Morgan fingerprint density at radius 3 is 2.07 bits per heavy atom. The predicted molar refractivity (Wildman–Crippen MR) is 268 cm³/mol. The summed E-state index contributed by atoms with van der Waals surface area (Å²) < 4.78 is 28.6. The van der Waals surface area contributed by atoms with Gasteiger partial charge in [0.25, 0.3) is 0 Å². The highest BCUT2D eigenvalue weighted by Gasteiger charge is 2.38. The van der Waals surface area contributed by atoms with Crippen molar-refractivity contribution in [2.24, 2.45) is 29.0 Å². The molecular weight excluding hydrogens is 1010 g/mol. The summed E-state index contributed by atoms with van der Waals surface area (Å²) in [5, 5.41) is 22.5. The maximum Gasteiger partial charge on any atom is 0.243 e. The van der Waals surface area contributed by atoms with E-state index >= 15 is 0 Å². The Labute approximate surface area is 433 Å². The highest BCUT2D eigenvalue weighted by molar-refractivity contribution is 8.76. The van der Waals surface area contributed by atoms with E-state index in [-0.39, 0.29) is 48.0 Å². The second kappa shape index (κ2) is 30.5. The first kappa shape index (κ1) is 61.6. The van der Waals surface area contributed by atoms with Crippen LogP contribution in [0.2, 0.25) is 0 Å². The SMILES string of the molecule is CC[C@H](C)[C@@H]1NC(=O)[C@H](Cc2ccc(O)cc2)NC(=O)CCSSC[C@@H](C(=O)N(CC(=O)N[C@@H](CC(C)C)C(=O)NCC(N)=O)Cc2ccc(F)c(F)c2)NN[C@@H](CC(N)=O)C(=O)C(=O)[C@H](CCC(N)=O)NC1=O. The molecule has 406 valence electrons. The van der Waals surface area contributed by atoms with Crippen molar-refractivity contribution in [3.8, 4) is 5.75 Å². The Balaban J connectivity index is 2.13. The van der Waals surface area contributed by atoms with Crippen molar-refractivity contribution in [2.45, 2.75) is 115 Å². The highest BCUT2D eigenvalue weighted by Crippen LogP contribution is 2.24. The lowest BCUT2D eigenvalue weighted by atomic mass is 9.94. The Morgan fingerprint density at radius 2 is 1.46 bits per heavy atom. The van der Waals surface area contributed by atoms with Crippen LogP contribution >= 0.6 is 21.6 Å². The second-order valence-electron chi connectivity index (χ2n) is 18.0. The lowest BCUT2D eigenvalue weighted by molar-refractivity contribution is -0.142. The van der Waals surface area contributed by atoms with Crippen LogP contribution in [0.25, 0.3) is 0 Å². The zero-order valence-electron chi connectivity index (χ0n) is 41.3. The number of phenolic OH excluding ortho intramolecular Hbond substituents is 1. The first-order valence-corrected chi connectivity index (χ1v) is 26.0. The van der Waals surface area contributed by atoms with E-state index in [0.717, 1.165) is 44.7 Å². The summed E-state index contributed by atoms with van der Waals surface area (Å²) in [5.41, 5.74) is 21.7. The minimum atomic E-state index is -1.86. The lowest BCUT2D eigenvalue weighted by Crippen LogP contribution is -2.61. The van der Waals surface area contributed by atoms with Gasteiger partial charge in [-0.2, -0.15) is 0 Å². The van der Waals surface area contributed by atoms with Crippen molar-refractivity contribution in [3.63, 3.8) is 0 Å². The summed E-state index contributed by atoms with van der Waals surface area (Å²) in [7, 11) is 2.08. The average molecular weight is 1080 g/mol. The number of phenols is 1. The van der Waals surface area contributed by atoms with Crippen LogP contribution in [0, 0.1) is 23.5 Å². The molecule has 0 unspecified atom stereocenters. The van der Waals surface area contributed by atoms with Gasteiger partial charge in [-0.3, -0.25) is 52.7 Å². The summed E-state index contributed by atoms with van der Waals surface area (Å²) in [4.78, 5) is 148. The Bertz CT molecular complexity index is 2370. The predicted octanol–water partition coefficient (Wildman–Crippen LogP) is -1.23. The van der Waals surface area contributed by atoms with Crippen molar-refractivity contribution in [1.82, 2.24) is 42.3 Å². The van der Waals surface area contributed by atoms with Crippen molar-refractivity contribution < 1.29 is 66.6 Å². The minimum absolute atomic E-state index is 0.000265. The quantitative estimate of drug-likeness (QED) is 0.0546. The number of Topliss-reactive ketones (excluding diaryl/α,β-unsaturated/α-hetero) is 2. The number of carbonyl (C=O) groups excluding carboxylic acids is 11. The van der Waals surface area contributed by atoms with Gasteiger partial charge in [0, 0.05) is 37.3 Å². The molecule has 0 aromatic heterocycles. The van der Waals surface area contributed by atoms with E-state index in [1.807, 2.05) is 0 Å². The Kier molecular flexibility index (Phi) is 25.4. The van der Waals surface area contributed by atoms with Crippen LogP contribution in [0.5, 0.6) is 5.75 Å². The van der Waals surface area contributed by atoms with Gasteiger partial charge >= 0.3 is 0 Å². The first-order chi connectivity index (χ1) is 34.9. The molecule has 1 fully saturated rings. The standard InChI is InChI=1S/C47H65F2N11O12S2/c1-5-25(4)41-46(71)56-31(12-13-36(50)62)42(67)43(68)32(19-37(51)63)58-59-35(23-74-73-15-14-39(65)54-34(45(70)57-41)18-26-6-9-28(61)10-7-26)47(72)60(21-27-8-11-29(48)30(49)17-27)22-40(66)55-33(16-24(2)3)44(69)53-20-38(52)64/h6-11,17,24-25,31-35,41,58-59,61H,5,12-16,18-23H2,1-4H3,(H2,50,62)(H2,51,63)(H2,52,64)(H,53,69)(H,54,65)(H,55,66)(H,56,71)(H,57,70)/t25-,31-,32-,33-,34-,35-,41-/m0/s1. The smallest absolute Gasteiger partial charge is 0.243 e. The van der Waals surface area contributed by atoms with Crippen LogP contribution in [0.1, 0.15) is 77.3 Å².